The average molecular weight is 361 g/mol. The van der Waals surface area contributed by atoms with E-state index >= 15 is 0 Å². The molecule has 4 rings (SSSR count). The van der Waals surface area contributed by atoms with E-state index in [1.807, 2.05) is 12.1 Å². The zero-order chi connectivity index (χ0) is 17.4. The van der Waals surface area contributed by atoms with Gasteiger partial charge in [-0.05, 0) is 33.2 Å². The first kappa shape index (κ1) is 16.6. The van der Waals surface area contributed by atoms with E-state index in [9.17, 15) is 4.79 Å². The molecule has 2 aromatic rings. The van der Waals surface area contributed by atoms with E-state index in [1.165, 1.54) is 11.3 Å². The number of fused-ring (bicyclic) bond motifs is 2. The third-order valence-electron chi connectivity index (χ3n) is 4.79. The highest BCUT2D eigenvalue weighted by Crippen LogP contribution is 2.38. The van der Waals surface area contributed by atoms with E-state index in [2.05, 4.69) is 29.0 Å². The Hall–Kier alpha value is -1.86. The molecule has 2 aliphatic rings. The first-order chi connectivity index (χ1) is 12.1. The second-order valence-corrected chi connectivity index (χ2v) is 7.85. The molecule has 0 radical (unpaired) electrons. The van der Waals surface area contributed by atoms with Crippen molar-refractivity contribution in [1.29, 1.82) is 0 Å². The van der Waals surface area contributed by atoms with Crippen LogP contribution in [0.1, 0.15) is 33.1 Å². The Balaban J connectivity index is 1.54. The predicted molar refractivity (Wildman–Crippen MR) is 98.7 cm³/mol. The summed E-state index contributed by atoms with van der Waals surface area (Å²) < 4.78 is 12.2. The maximum absolute atomic E-state index is 12.8. The molecule has 0 spiro atoms. The number of nitrogens with zero attached hydrogens (tertiary/aromatic N) is 2. The topological polar surface area (TPSA) is 63.7 Å². The number of nitrogens with one attached hydrogen (secondary N) is 1. The number of carbonyl (C=O) groups excluding carboxylic acids is 1. The summed E-state index contributed by atoms with van der Waals surface area (Å²) in [4.78, 5) is 19.6. The minimum absolute atomic E-state index is 0.0460. The molecule has 1 N–H and O–H groups in total. The van der Waals surface area contributed by atoms with E-state index in [0.29, 0.717) is 24.4 Å². The number of carbonyl (C=O) groups is 1. The van der Waals surface area contributed by atoms with Gasteiger partial charge in [0.1, 0.15) is 13.2 Å². The van der Waals surface area contributed by atoms with Crippen molar-refractivity contribution in [3.8, 4) is 11.5 Å². The van der Waals surface area contributed by atoms with Crippen molar-refractivity contribution in [3.05, 3.63) is 12.1 Å². The third-order valence-corrected chi connectivity index (χ3v) is 5.73. The summed E-state index contributed by atoms with van der Waals surface area (Å²) in [5, 5.41) is 3.66. The second-order valence-electron chi connectivity index (χ2n) is 6.82. The normalized spacial score (nSPS) is 20.8. The van der Waals surface area contributed by atoms with Crippen molar-refractivity contribution in [2.45, 2.75) is 45.2 Å². The van der Waals surface area contributed by atoms with Crippen molar-refractivity contribution in [2.75, 3.05) is 25.1 Å². The van der Waals surface area contributed by atoms with Crippen LogP contribution in [0, 0.1) is 0 Å². The highest BCUT2D eigenvalue weighted by atomic mass is 32.1. The Bertz CT molecular complexity index is 746. The Kier molecular flexibility index (Phi) is 4.52. The predicted octanol–water partition coefficient (Wildman–Crippen LogP) is 3.27. The van der Waals surface area contributed by atoms with Crippen LogP contribution in [0.4, 0.5) is 5.13 Å². The lowest BCUT2D eigenvalue weighted by molar-refractivity contribution is -0.123. The van der Waals surface area contributed by atoms with Gasteiger partial charge in [0.2, 0.25) is 5.91 Å². The number of ether oxygens (including phenoxy) is 2. The van der Waals surface area contributed by atoms with Gasteiger partial charge in [0.05, 0.1) is 16.3 Å². The summed E-state index contributed by atoms with van der Waals surface area (Å²) >= 11 is 1.47. The number of benzene rings is 1. The molecule has 1 atom stereocenters. The molecule has 1 fully saturated rings. The van der Waals surface area contributed by atoms with Gasteiger partial charge >= 0.3 is 0 Å². The maximum Gasteiger partial charge on any atom is 0.243 e. The molecule has 1 aromatic heterocycles. The minimum Gasteiger partial charge on any atom is -0.486 e. The van der Waals surface area contributed by atoms with Crippen LogP contribution in [0.3, 0.4) is 0 Å². The zero-order valence-electron chi connectivity index (χ0n) is 14.6. The fraction of sp³-hybridized carbons (Fsp3) is 0.556. The number of anilines is 1. The van der Waals surface area contributed by atoms with Gasteiger partial charge in [-0.2, -0.15) is 0 Å². The van der Waals surface area contributed by atoms with Crippen molar-refractivity contribution in [1.82, 2.24) is 9.88 Å². The fourth-order valence-electron chi connectivity index (χ4n) is 3.56. The van der Waals surface area contributed by atoms with Crippen LogP contribution in [0.2, 0.25) is 0 Å². The number of piperidine rings is 1. The lowest BCUT2D eigenvalue weighted by Gasteiger charge is -2.37. The van der Waals surface area contributed by atoms with Crippen molar-refractivity contribution < 1.29 is 14.3 Å². The number of hydrogen-bond acceptors (Lipinski definition) is 6. The van der Waals surface area contributed by atoms with E-state index < -0.39 is 0 Å². The van der Waals surface area contributed by atoms with Gasteiger partial charge < -0.3 is 14.8 Å². The van der Waals surface area contributed by atoms with Gasteiger partial charge in [-0.3, -0.25) is 9.69 Å². The quantitative estimate of drug-likeness (QED) is 0.909. The molecule has 0 saturated carbocycles. The summed E-state index contributed by atoms with van der Waals surface area (Å²) in [6.45, 7) is 6.39. The lowest BCUT2D eigenvalue weighted by atomic mass is 10.00. The summed E-state index contributed by atoms with van der Waals surface area (Å²) in [6, 6.07) is 4.13. The summed E-state index contributed by atoms with van der Waals surface area (Å²) in [7, 11) is 0. The van der Waals surface area contributed by atoms with E-state index in [1.54, 1.807) is 0 Å². The zero-order valence-corrected chi connectivity index (χ0v) is 15.4. The van der Waals surface area contributed by atoms with Gasteiger partial charge in [0.25, 0.3) is 0 Å². The van der Waals surface area contributed by atoms with Crippen LogP contribution in [-0.4, -0.2) is 47.6 Å². The largest absolute Gasteiger partial charge is 0.486 e. The maximum atomic E-state index is 12.8. The molecule has 7 heteroatoms. The molecule has 0 aliphatic carbocycles. The number of amides is 1. The minimum atomic E-state index is -0.0689. The first-order valence-corrected chi connectivity index (χ1v) is 9.70. The highest BCUT2D eigenvalue weighted by molar-refractivity contribution is 7.22. The van der Waals surface area contributed by atoms with Gasteiger partial charge in [0, 0.05) is 18.2 Å². The van der Waals surface area contributed by atoms with Crippen LogP contribution >= 0.6 is 11.3 Å². The number of rotatable bonds is 3. The highest BCUT2D eigenvalue weighted by Gasteiger charge is 2.30. The molecular formula is C18H23N3O3S. The van der Waals surface area contributed by atoms with Crippen LogP contribution in [0.15, 0.2) is 12.1 Å². The van der Waals surface area contributed by atoms with Crippen molar-refractivity contribution in [2.24, 2.45) is 0 Å². The monoisotopic (exact) mass is 361 g/mol. The first-order valence-electron chi connectivity index (χ1n) is 8.88. The van der Waals surface area contributed by atoms with Crippen LogP contribution in [0.5, 0.6) is 11.5 Å². The van der Waals surface area contributed by atoms with Crippen molar-refractivity contribution >= 4 is 32.6 Å². The number of hydrogen-bond donors (Lipinski definition) is 1. The van der Waals surface area contributed by atoms with Gasteiger partial charge in [0.15, 0.2) is 16.6 Å². The van der Waals surface area contributed by atoms with Gasteiger partial charge in [-0.1, -0.05) is 17.8 Å². The lowest BCUT2D eigenvalue weighted by Crippen LogP contribution is -2.50. The Morgan fingerprint density at radius 3 is 2.80 bits per heavy atom. The second kappa shape index (κ2) is 6.80. The molecule has 3 heterocycles. The molecular weight excluding hydrogens is 338 g/mol. The Labute approximate surface area is 151 Å². The van der Waals surface area contributed by atoms with Crippen LogP contribution in [0.25, 0.3) is 10.2 Å². The summed E-state index contributed by atoms with van der Waals surface area (Å²) in [5.74, 6) is 1.52. The molecule has 6 nitrogen and oxygen atoms in total. The van der Waals surface area contributed by atoms with E-state index in [4.69, 9.17) is 9.47 Å². The standard InChI is InChI=1S/C18H23N3O3S/c1-11(2)21-6-4-3-5-13(21)17(22)20-18-19-12-9-14-15(10-16(12)25-18)24-8-7-23-14/h9-11,13H,3-8H2,1-2H3,(H,19,20,22). The molecule has 25 heavy (non-hydrogen) atoms. The number of thiazole rings is 1. The summed E-state index contributed by atoms with van der Waals surface area (Å²) in [6.07, 6.45) is 3.17. The average Bonchev–Trinajstić information content (AvgIpc) is 3.00. The van der Waals surface area contributed by atoms with Gasteiger partial charge in [-0.15, -0.1) is 0 Å². The van der Waals surface area contributed by atoms with E-state index in [-0.39, 0.29) is 11.9 Å². The SMILES string of the molecule is CC(C)N1CCCCC1C(=O)Nc1nc2cc3c(cc2s1)OCCO3. The molecule has 1 amide bonds. The Morgan fingerprint density at radius 2 is 2.04 bits per heavy atom. The molecule has 2 aliphatic heterocycles. The van der Waals surface area contributed by atoms with Gasteiger partial charge in [-0.25, -0.2) is 4.98 Å². The van der Waals surface area contributed by atoms with Crippen LogP contribution < -0.4 is 14.8 Å². The molecule has 134 valence electrons. The molecule has 0 bridgehead atoms. The number of likely N-dealkylation sites (tertiary alicyclic amines) is 1. The molecule has 1 unspecified atom stereocenters. The smallest absolute Gasteiger partial charge is 0.243 e. The van der Waals surface area contributed by atoms with Crippen LogP contribution in [-0.2, 0) is 4.79 Å². The summed E-state index contributed by atoms with van der Waals surface area (Å²) in [5.41, 5.74) is 0.828. The Morgan fingerprint density at radius 1 is 1.28 bits per heavy atom. The number of aromatic nitrogens is 1. The fourth-order valence-corrected chi connectivity index (χ4v) is 4.44. The van der Waals surface area contributed by atoms with E-state index in [0.717, 1.165) is 47.5 Å². The molecule has 1 aromatic carbocycles. The van der Waals surface area contributed by atoms with Crippen molar-refractivity contribution in [3.63, 3.8) is 0 Å². The molecule has 1 saturated heterocycles. The third kappa shape index (κ3) is 3.30.